The van der Waals surface area contributed by atoms with Crippen LogP contribution in [0.3, 0.4) is 0 Å². The molecule has 1 aromatic carbocycles. The Labute approximate surface area is 118 Å². The van der Waals surface area contributed by atoms with E-state index in [1.165, 1.54) is 11.1 Å². The van der Waals surface area contributed by atoms with Gasteiger partial charge in [-0.1, -0.05) is 12.1 Å². The second-order valence-electron chi connectivity index (χ2n) is 5.51. The van der Waals surface area contributed by atoms with Gasteiger partial charge in [-0.3, -0.25) is 9.69 Å². The average molecular weight is 277 g/mol. The first-order valence-electron chi connectivity index (χ1n) is 6.90. The molecular formula is C15H19NO4. The van der Waals surface area contributed by atoms with Crippen molar-refractivity contribution in [2.75, 3.05) is 26.9 Å². The summed E-state index contributed by atoms with van der Waals surface area (Å²) in [7, 11) is 1.96. The molecule has 1 saturated heterocycles. The van der Waals surface area contributed by atoms with Crippen LogP contribution in [-0.2, 0) is 22.5 Å². The van der Waals surface area contributed by atoms with Gasteiger partial charge in [0.25, 0.3) is 0 Å². The van der Waals surface area contributed by atoms with E-state index in [9.17, 15) is 9.90 Å². The van der Waals surface area contributed by atoms with E-state index in [1.807, 2.05) is 19.2 Å². The molecule has 0 radical (unpaired) electrons. The molecule has 2 unspecified atom stereocenters. The molecule has 1 N–H and O–H groups in total. The predicted octanol–water partition coefficient (Wildman–Crippen LogP) is 1.15. The standard InChI is InChI=1S/C15H19NO4/c1-16(13-9-19-8-12(13)15(17)18)7-10-2-3-14-11(6-10)4-5-20-14/h2-3,6,12-13H,4-5,7-9H2,1H3,(H,17,18). The first kappa shape index (κ1) is 13.4. The monoisotopic (exact) mass is 277 g/mol. The van der Waals surface area contributed by atoms with Crippen LogP contribution in [0.25, 0.3) is 0 Å². The third kappa shape index (κ3) is 2.51. The van der Waals surface area contributed by atoms with Crippen LogP contribution in [-0.4, -0.2) is 48.9 Å². The summed E-state index contributed by atoms with van der Waals surface area (Å²) >= 11 is 0. The zero-order valence-corrected chi connectivity index (χ0v) is 11.5. The summed E-state index contributed by atoms with van der Waals surface area (Å²) in [6, 6.07) is 6.15. The zero-order chi connectivity index (χ0) is 14.1. The number of likely N-dealkylation sites (N-methyl/N-ethyl adjacent to an activating group) is 1. The summed E-state index contributed by atoms with van der Waals surface area (Å²) in [6.45, 7) is 2.28. The van der Waals surface area contributed by atoms with E-state index in [-0.39, 0.29) is 6.04 Å². The number of ether oxygens (including phenoxy) is 2. The highest BCUT2D eigenvalue weighted by atomic mass is 16.5. The minimum absolute atomic E-state index is 0.0583. The summed E-state index contributed by atoms with van der Waals surface area (Å²) in [5.41, 5.74) is 2.43. The van der Waals surface area contributed by atoms with Gasteiger partial charge in [-0.25, -0.2) is 0 Å². The minimum atomic E-state index is -0.776. The van der Waals surface area contributed by atoms with E-state index in [4.69, 9.17) is 9.47 Å². The lowest BCUT2D eigenvalue weighted by atomic mass is 10.0. The Bertz CT molecular complexity index is 517. The quantitative estimate of drug-likeness (QED) is 0.894. The minimum Gasteiger partial charge on any atom is -0.493 e. The fraction of sp³-hybridized carbons (Fsp3) is 0.533. The van der Waals surface area contributed by atoms with Crippen molar-refractivity contribution in [1.82, 2.24) is 4.90 Å². The summed E-state index contributed by atoms with van der Waals surface area (Å²) in [5, 5.41) is 9.20. The maximum Gasteiger partial charge on any atom is 0.310 e. The van der Waals surface area contributed by atoms with E-state index in [1.54, 1.807) is 0 Å². The fourth-order valence-corrected chi connectivity index (χ4v) is 2.96. The topological polar surface area (TPSA) is 59.0 Å². The fourth-order valence-electron chi connectivity index (χ4n) is 2.96. The normalized spacial score (nSPS) is 24.7. The summed E-state index contributed by atoms with van der Waals surface area (Å²) in [5.74, 6) is -0.233. The van der Waals surface area contributed by atoms with Gasteiger partial charge in [-0.2, -0.15) is 0 Å². The maximum absolute atomic E-state index is 11.2. The molecule has 0 bridgehead atoms. The molecular weight excluding hydrogens is 258 g/mol. The smallest absolute Gasteiger partial charge is 0.310 e. The van der Waals surface area contributed by atoms with Gasteiger partial charge in [0.05, 0.1) is 25.7 Å². The Morgan fingerprint density at radius 3 is 3.10 bits per heavy atom. The molecule has 0 aromatic heterocycles. The van der Waals surface area contributed by atoms with Gasteiger partial charge in [0.15, 0.2) is 0 Å². The second kappa shape index (κ2) is 5.42. The number of nitrogens with zero attached hydrogens (tertiary/aromatic N) is 1. The molecule has 2 aliphatic heterocycles. The van der Waals surface area contributed by atoms with E-state index in [0.29, 0.717) is 13.2 Å². The van der Waals surface area contributed by atoms with Crippen LogP contribution in [0.5, 0.6) is 5.75 Å². The van der Waals surface area contributed by atoms with Crippen molar-refractivity contribution in [1.29, 1.82) is 0 Å². The van der Waals surface area contributed by atoms with Crippen LogP contribution in [0.2, 0.25) is 0 Å². The SMILES string of the molecule is CN(Cc1ccc2c(c1)CCO2)C1COCC1C(=O)O. The number of fused-ring (bicyclic) bond motifs is 1. The Morgan fingerprint density at radius 1 is 1.45 bits per heavy atom. The van der Waals surface area contributed by atoms with Crippen molar-refractivity contribution in [3.8, 4) is 5.75 Å². The highest BCUT2D eigenvalue weighted by Crippen LogP contribution is 2.27. The summed E-state index contributed by atoms with van der Waals surface area (Å²) in [4.78, 5) is 13.3. The number of rotatable bonds is 4. The molecule has 108 valence electrons. The number of benzene rings is 1. The number of carbonyl (C=O) groups is 1. The van der Waals surface area contributed by atoms with Gasteiger partial charge < -0.3 is 14.6 Å². The van der Waals surface area contributed by atoms with Gasteiger partial charge in [0.1, 0.15) is 5.75 Å². The number of aliphatic carboxylic acids is 1. The molecule has 0 spiro atoms. The molecule has 20 heavy (non-hydrogen) atoms. The Kier molecular flexibility index (Phi) is 3.63. The molecule has 2 aliphatic rings. The van der Waals surface area contributed by atoms with Crippen LogP contribution in [0, 0.1) is 5.92 Å². The van der Waals surface area contributed by atoms with Crippen LogP contribution >= 0.6 is 0 Å². The van der Waals surface area contributed by atoms with E-state index < -0.39 is 11.9 Å². The van der Waals surface area contributed by atoms with Crippen molar-refractivity contribution >= 4 is 5.97 Å². The molecule has 5 nitrogen and oxygen atoms in total. The van der Waals surface area contributed by atoms with Crippen molar-refractivity contribution < 1.29 is 19.4 Å². The molecule has 2 atom stereocenters. The molecule has 3 rings (SSSR count). The summed E-state index contributed by atoms with van der Waals surface area (Å²) in [6.07, 6.45) is 0.956. The van der Waals surface area contributed by atoms with Crippen LogP contribution in [0.4, 0.5) is 0 Å². The van der Waals surface area contributed by atoms with Crippen molar-refractivity contribution in [3.05, 3.63) is 29.3 Å². The van der Waals surface area contributed by atoms with Crippen molar-refractivity contribution in [3.63, 3.8) is 0 Å². The van der Waals surface area contributed by atoms with Gasteiger partial charge >= 0.3 is 5.97 Å². The van der Waals surface area contributed by atoms with E-state index in [0.717, 1.165) is 25.3 Å². The average Bonchev–Trinajstić information content (AvgIpc) is 3.06. The van der Waals surface area contributed by atoms with Crippen LogP contribution in [0.1, 0.15) is 11.1 Å². The molecule has 0 aliphatic carbocycles. The lowest BCUT2D eigenvalue weighted by Crippen LogP contribution is -2.40. The molecule has 0 amide bonds. The van der Waals surface area contributed by atoms with Gasteiger partial charge in [-0.05, 0) is 24.2 Å². The van der Waals surface area contributed by atoms with E-state index in [2.05, 4.69) is 11.0 Å². The van der Waals surface area contributed by atoms with Crippen LogP contribution < -0.4 is 4.74 Å². The maximum atomic E-state index is 11.2. The molecule has 1 aromatic rings. The largest absolute Gasteiger partial charge is 0.493 e. The van der Waals surface area contributed by atoms with Gasteiger partial charge in [-0.15, -0.1) is 0 Å². The zero-order valence-electron chi connectivity index (χ0n) is 11.5. The Morgan fingerprint density at radius 2 is 2.30 bits per heavy atom. The van der Waals surface area contributed by atoms with E-state index >= 15 is 0 Å². The highest BCUT2D eigenvalue weighted by Gasteiger charge is 2.36. The second-order valence-corrected chi connectivity index (χ2v) is 5.51. The predicted molar refractivity (Wildman–Crippen MR) is 72.8 cm³/mol. The highest BCUT2D eigenvalue weighted by molar-refractivity contribution is 5.71. The Balaban J connectivity index is 1.69. The number of hydrogen-bond donors (Lipinski definition) is 1. The Hall–Kier alpha value is -1.59. The first-order chi connectivity index (χ1) is 9.65. The first-order valence-corrected chi connectivity index (χ1v) is 6.90. The molecule has 5 heteroatoms. The number of hydrogen-bond acceptors (Lipinski definition) is 4. The molecule has 0 saturated carbocycles. The number of carboxylic acids is 1. The van der Waals surface area contributed by atoms with Crippen molar-refractivity contribution in [2.24, 2.45) is 5.92 Å². The third-order valence-corrected chi connectivity index (χ3v) is 4.12. The number of carboxylic acid groups (broad SMARTS) is 1. The lowest BCUT2D eigenvalue weighted by molar-refractivity contribution is -0.143. The van der Waals surface area contributed by atoms with Gasteiger partial charge in [0, 0.05) is 19.0 Å². The summed E-state index contributed by atoms with van der Waals surface area (Å²) < 4.78 is 10.8. The van der Waals surface area contributed by atoms with Crippen molar-refractivity contribution in [2.45, 2.75) is 19.0 Å². The third-order valence-electron chi connectivity index (χ3n) is 4.12. The van der Waals surface area contributed by atoms with Gasteiger partial charge in [0.2, 0.25) is 0 Å². The molecule has 2 heterocycles. The van der Waals surface area contributed by atoms with Crippen LogP contribution in [0.15, 0.2) is 18.2 Å². The molecule has 1 fully saturated rings. The lowest BCUT2D eigenvalue weighted by Gasteiger charge is -2.26.